The molecular formula is C31H34BrClN4. The zero-order chi connectivity index (χ0) is 24.9. The van der Waals surface area contributed by atoms with Crippen LogP contribution >= 0.6 is 28.3 Å². The SMILES string of the molecule is CCCCN(C)CCc1ccc(Nc2ncc3c(n2)-c2ccccc2C(c2ccc(Br)cc2)C3)cc1.Cl. The van der Waals surface area contributed by atoms with Crippen LogP contribution in [0.3, 0.4) is 0 Å². The second-order valence-electron chi connectivity index (χ2n) is 9.69. The summed E-state index contributed by atoms with van der Waals surface area (Å²) in [5.41, 5.74) is 8.41. The fraction of sp³-hybridized carbons (Fsp3) is 0.290. The van der Waals surface area contributed by atoms with Gasteiger partial charge in [0.1, 0.15) is 0 Å². The van der Waals surface area contributed by atoms with Crippen molar-refractivity contribution in [3.63, 3.8) is 0 Å². The van der Waals surface area contributed by atoms with Gasteiger partial charge in [0, 0.05) is 34.4 Å². The maximum absolute atomic E-state index is 4.97. The third-order valence-electron chi connectivity index (χ3n) is 7.04. The van der Waals surface area contributed by atoms with Crippen LogP contribution in [0.25, 0.3) is 11.3 Å². The fourth-order valence-corrected chi connectivity index (χ4v) is 5.20. The minimum Gasteiger partial charge on any atom is -0.324 e. The summed E-state index contributed by atoms with van der Waals surface area (Å²) in [4.78, 5) is 12.1. The largest absolute Gasteiger partial charge is 0.324 e. The summed E-state index contributed by atoms with van der Waals surface area (Å²) in [6.45, 7) is 4.49. The van der Waals surface area contributed by atoms with Crippen LogP contribution in [0.4, 0.5) is 11.6 Å². The molecule has 3 aromatic carbocycles. The normalized spacial score (nSPS) is 14.0. The smallest absolute Gasteiger partial charge is 0.227 e. The molecule has 0 fully saturated rings. The van der Waals surface area contributed by atoms with E-state index in [1.54, 1.807) is 0 Å². The topological polar surface area (TPSA) is 41.0 Å². The van der Waals surface area contributed by atoms with Crippen LogP contribution < -0.4 is 5.32 Å². The molecule has 1 heterocycles. The molecule has 0 radical (unpaired) electrons. The van der Waals surface area contributed by atoms with Gasteiger partial charge in [-0.3, -0.25) is 0 Å². The lowest BCUT2D eigenvalue weighted by Crippen LogP contribution is -2.22. The Balaban J connectivity index is 0.00000320. The number of nitrogens with zero attached hydrogens (tertiary/aromatic N) is 3. The number of anilines is 2. The van der Waals surface area contributed by atoms with Crippen molar-refractivity contribution >= 4 is 40.0 Å². The van der Waals surface area contributed by atoms with E-state index in [9.17, 15) is 0 Å². The van der Waals surface area contributed by atoms with Crippen LogP contribution in [0.5, 0.6) is 0 Å². The molecule has 6 heteroatoms. The number of benzene rings is 3. The van der Waals surface area contributed by atoms with Crippen molar-refractivity contribution in [3.8, 4) is 11.3 Å². The lowest BCUT2D eigenvalue weighted by atomic mass is 9.78. The van der Waals surface area contributed by atoms with Gasteiger partial charge in [0.2, 0.25) is 5.95 Å². The lowest BCUT2D eigenvalue weighted by Gasteiger charge is -2.27. The monoisotopic (exact) mass is 576 g/mol. The maximum Gasteiger partial charge on any atom is 0.227 e. The minimum absolute atomic E-state index is 0. The first-order valence-corrected chi connectivity index (χ1v) is 13.6. The highest BCUT2D eigenvalue weighted by Crippen LogP contribution is 2.42. The number of hydrogen-bond donors (Lipinski definition) is 1. The maximum atomic E-state index is 4.97. The third kappa shape index (κ3) is 6.59. The van der Waals surface area contributed by atoms with E-state index in [0.717, 1.165) is 35.2 Å². The Labute approximate surface area is 235 Å². The lowest BCUT2D eigenvalue weighted by molar-refractivity contribution is 0.332. The molecule has 192 valence electrons. The van der Waals surface area contributed by atoms with Crippen LogP contribution in [0, 0.1) is 0 Å². The number of hydrogen-bond acceptors (Lipinski definition) is 4. The van der Waals surface area contributed by atoms with Crippen LogP contribution in [0.2, 0.25) is 0 Å². The summed E-state index contributed by atoms with van der Waals surface area (Å²) in [6, 6.07) is 25.9. The molecule has 4 nitrogen and oxygen atoms in total. The Morgan fingerprint density at radius 3 is 2.49 bits per heavy atom. The number of unbranched alkanes of at least 4 members (excludes halogenated alkanes) is 1. The van der Waals surface area contributed by atoms with Gasteiger partial charge >= 0.3 is 0 Å². The molecule has 0 bridgehead atoms. The van der Waals surface area contributed by atoms with Crippen molar-refractivity contribution in [2.75, 3.05) is 25.5 Å². The van der Waals surface area contributed by atoms with Gasteiger partial charge in [0.25, 0.3) is 0 Å². The Bertz CT molecular complexity index is 1310. The van der Waals surface area contributed by atoms with Crippen molar-refractivity contribution < 1.29 is 0 Å². The predicted octanol–water partition coefficient (Wildman–Crippen LogP) is 8.03. The number of fused-ring (bicyclic) bond motifs is 3. The molecule has 37 heavy (non-hydrogen) atoms. The molecule has 5 rings (SSSR count). The number of aromatic nitrogens is 2. The van der Waals surface area contributed by atoms with Gasteiger partial charge in [-0.1, -0.05) is 77.8 Å². The molecule has 4 aromatic rings. The van der Waals surface area contributed by atoms with E-state index in [2.05, 4.69) is 118 Å². The van der Waals surface area contributed by atoms with Crippen molar-refractivity contribution in [2.45, 2.75) is 38.5 Å². The van der Waals surface area contributed by atoms with Gasteiger partial charge in [-0.15, -0.1) is 12.4 Å². The molecular weight excluding hydrogens is 544 g/mol. The van der Waals surface area contributed by atoms with Crippen LogP contribution in [-0.2, 0) is 12.8 Å². The molecule has 1 unspecified atom stereocenters. The van der Waals surface area contributed by atoms with Crippen LogP contribution in [-0.4, -0.2) is 35.0 Å². The van der Waals surface area contributed by atoms with E-state index in [1.165, 1.54) is 47.2 Å². The zero-order valence-electron chi connectivity index (χ0n) is 21.5. The van der Waals surface area contributed by atoms with Gasteiger partial charge in [0.05, 0.1) is 5.69 Å². The van der Waals surface area contributed by atoms with E-state index < -0.39 is 0 Å². The molecule has 1 aliphatic rings. The molecule has 1 aromatic heterocycles. The highest BCUT2D eigenvalue weighted by molar-refractivity contribution is 9.10. The summed E-state index contributed by atoms with van der Waals surface area (Å²) in [5, 5.41) is 3.42. The molecule has 0 saturated heterocycles. The summed E-state index contributed by atoms with van der Waals surface area (Å²) >= 11 is 3.56. The van der Waals surface area contributed by atoms with Gasteiger partial charge in [-0.2, -0.15) is 0 Å². The molecule has 0 saturated carbocycles. The number of rotatable bonds is 9. The first-order chi connectivity index (χ1) is 17.6. The van der Waals surface area contributed by atoms with Gasteiger partial charge < -0.3 is 10.2 Å². The summed E-state index contributed by atoms with van der Waals surface area (Å²) in [6.07, 6.45) is 6.46. The average molecular weight is 578 g/mol. The Morgan fingerprint density at radius 2 is 1.73 bits per heavy atom. The predicted molar refractivity (Wildman–Crippen MR) is 160 cm³/mol. The van der Waals surface area contributed by atoms with Crippen molar-refractivity contribution in [1.29, 1.82) is 0 Å². The number of nitrogens with one attached hydrogen (secondary N) is 1. The molecule has 0 amide bonds. The van der Waals surface area contributed by atoms with E-state index in [4.69, 9.17) is 4.98 Å². The standard InChI is InChI=1S/C31H33BrN4.ClH/c1-3-4-18-36(2)19-17-22-9-15-26(16-10-22)34-31-33-21-24-20-29(23-11-13-25(32)14-12-23)27-7-5-6-8-28(27)30(24)35-31;/h5-16,21,29H,3-4,17-20H2,1-2H3,(H,33,34,35);1H. The van der Waals surface area contributed by atoms with Crippen molar-refractivity contribution in [2.24, 2.45) is 0 Å². The molecule has 1 aliphatic carbocycles. The van der Waals surface area contributed by atoms with Gasteiger partial charge in [0.15, 0.2) is 0 Å². The fourth-order valence-electron chi connectivity index (χ4n) is 4.93. The number of likely N-dealkylation sites (N-methyl/N-ethyl adjacent to an activating group) is 1. The van der Waals surface area contributed by atoms with Crippen molar-refractivity contribution in [1.82, 2.24) is 14.9 Å². The highest BCUT2D eigenvalue weighted by Gasteiger charge is 2.27. The average Bonchev–Trinajstić information content (AvgIpc) is 2.91. The van der Waals surface area contributed by atoms with Gasteiger partial charge in [-0.05, 0) is 79.4 Å². The third-order valence-corrected chi connectivity index (χ3v) is 7.57. The summed E-state index contributed by atoms with van der Waals surface area (Å²) < 4.78 is 1.10. The molecule has 1 N–H and O–H groups in total. The Morgan fingerprint density at radius 1 is 0.973 bits per heavy atom. The second-order valence-corrected chi connectivity index (χ2v) is 10.6. The minimum atomic E-state index is 0. The Kier molecular flexibility index (Phi) is 9.36. The van der Waals surface area contributed by atoms with Crippen LogP contribution in [0.15, 0.2) is 83.5 Å². The molecule has 0 spiro atoms. The van der Waals surface area contributed by atoms with E-state index in [0.29, 0.717) is 11.9 Å². The first kappa shape index (κ1) is 27.3. The molecule has 1 atom stereocenters. The van der Waals surface area contributed by atoms with E-state index in [1.807, 2.05) is 6.20 Å². The zero-order valence-corrected chi connectivity index (χ0v) is 23.9. The Hall–Kier alpha value is -2.73. The second kappa shape index (κ2) is 12.7. The molecule has 0 aliphatic heterocycles. The van der Waals surface area contributed by atoms with Crippen molar-refractivity contribution in [3.05, 3.63) is 106 Å². The van der Waals surface area contributed by atoms with Gasteiger partial charge in [-0.25, -0.2) is 9.97 Å². The summed E-state index contributed by atoms with van der Waals surface area (Å²) in [7, 11) is 2.21. The highest BCUT2D eigenvalue weighted by atomic mass is 79.9. The quantitative estimate of drug-likeness (QED) is 0.219. The van der Waals surface area contributed by atoms with Crippen LogP contribution in [0.1, 0.15) is 47.9 Å². The number of halogens is 2. The van der Waals surface area contributed by atoms with E-state index in [-0.39, 0.29) is 12.4 Å². The van der Waals surface area contributed by atoms with E-state index >= 15 is 0 Å². The summed E-state index contributed by atoms with van der Waals surface area (Å²) in [5.74, 6) is 0.940. The first-order valence-electron chi connectivity index (χ1n) is 12.9.